The van der Waals surface area contributed by atoms with Crippen molar-refractivity contribution in [3.63, 3.8) is 0 Å². The van der Waals surface area contributed by atoms with Gasteiger partial charge in [-0.05, 0) is 89.7 Å². The highest BCUT2D eigenvalue weighted by atomic mass is 16.5. The molecule has 11 heteroatoms. The minimum absolute atomic E-state index is 0.117. The van der Waals surface area contributed by atoms with E-state index in [0.717, 1.165) is 11.1 Å². The Morgan fingerprint density at radius 2 is 1.32 bits per heavy atom. The molecule has 0 aliphatic rings. The molecule has 0 bridgehead atoms. The fourth-order valence-electron chi connectivity index (χ4n) is 4.65. The van der Waals surface area contributed by atoms with E-state index in [9.17, 15) is 30.0 Å². The molecule has 2 amide bonds. The van der Waals surface area contributed by atoms with Gasteiger partial charge in [0.2, 0.25) is 12.0 Å². The van der Waals surface area contributed by atoms with E-state index in [-0.39, 0.29) is 52.5 Å². The number of benzene rings is 4. The van der Waals surface area contributed by atoms with E-state index in [1.54, 1.807) is 72.8 Å². The van der Waals surface area contributed by atoms with Gasteiger partial charge in [0.1, 0.15) is 17.6 Å². The summed E-state index contributed by atoms with van der Waals surface area (Å²) in [6, 6.07) is 22.5. The largest absolute Gasteiger partial charge is 0.508 e. The Labute approximate surface area is 272 Å². The van der Waals surface area contributed by atoms with Crippen LogP contribution in [-0.4, -0.2) is 65.7 Å². The number of rotatable bonds is 15. The zero-order valence-corrected chi connectivity index (χ0v) is 26.1. The lowest BCUT2D eigenvalue weighted by Crippen LogP contribution is -2.43. The molecule has 0 aliphatic heterocycles. The molecule has 6 N–H and O–H groups in total. The van der Waals surface area contributed by atoms with Crippen LogP contribution in [0.15, 0.2) is 91.0 Å². The number of aromatic hydroxyl groups is 3. The number of carbonyl (C=O) groups is 2. The summed E-state index contributed by atoms with van der Waals surface area (Å²) in [5, 5.41) is 45.9. The number of amides is 2. The van der Waals surface area contributed by atoms with Crippen LogP contribution in [-0.2, 0) is 22.4 Å². The second-order valence-electron chi connectivity index (χ2n) is 10.6. The third-order valence-corrected chi connectivity index (χ3v) is 7.26. The standard InChI is InChI=1S/C36H38N2O9/c1-45-31-22-26(9-14-29(31)41)34(43)35(36(44)38-20-18-24-5-12-28(40)13-6-24)47-30-15-7-25(21-32(30)46-2)8-16-33(42)37-19-17-23-3-10-27(39)11-4-23/h3-16,21-22,34-35,39-41,43H,17-20H2,1-2H3,(H,37,42)(H,38,44)/b16-8-/t34-,35-/m1/s1. The van der Waals surface area contributed by atoms with Crippen LogP contribution in [0.1, 0.15) is 28.4 Å². The minimum Gasteiger partial charge on any atom is -0.508 e. The molecule has 0 aliphatic carbocycles. The van der Waals surface area contributed by atoms with Crippen molar-refractivity contribution in [2.75, 3.05) is 27.3 Å². The summed E-state index contributed by atoms with van der Waals surface area (Å²) < 4.78 is 16.8. The molecular weight excluding hydrogens is 604 g/mol. The van der Waals surface area contributed by atoms with Crippen LogP contribution in [0.2, 0.25) is 0 Å². The summed E-state index contributed by atoms with van der Waals surface area (Å²) in [4.78, 5) is 25.8. The quantitative estimate of drug-likeness (QED) is 0.105. The van der Waals surface area contributed by atoms with E-state index in [1.165, 1.54) is 38.5 Å². The van der Waals surface area contributed by atoms with E-state index >= 15 is 0 Å². The predicted octanol–water partition coefficient (Wildman–Crippen LogP) is 4.03. The summed E-state index contributed by atoms with van der Waals surface area (Å²) in [7, 11) is 2.80. The highest BCUT2D eigenvalue weighted by Crippen LogP contribution is 2.34. The number of methoxy groups -OCH3 is 2. The average molecular weight is 643 g/mol. The normalized spacial score (nSPS) is 12.2. The molecule has 0 heterocycles. The highest BCUT2D eigenvalue weighted by molar-refractivity contribution is 5.91. The number of ether oxygens (including phenoxy) is 3. The van der Waals surface area contributed by atoms with Crippen LogP contribution in [0.5, 0.6) is 34.5 Å². The van der Waals surface area contributed by atoms with E-state index in [1.807, 2.05) is 0 Å². The molecule has 246 valence electrons. The monoisotopic (exact) mass is 642 g/mol. The van der Waals surface area contributed by atoms with Gasteiger partial charge in [-0.2, -0.15) is 0 Å². The Kier molecular flexibility index (Phi) is 12.1. The van der Waals surface area contributed by atoms with Gasteiger partial charge < -0.3 is 45.3 Å². The van der Waals surface area contributed by atoms with Crippen LogP contribution in [0.4, 0.5) is 0 Å². The van der Waals surface area contributed by atoms with Gasteiger partial charge in [-0.15, -0.1) is 0 Å². The van der Waals surface area contributed by atoms with E-state index < -0.39 is 18.1 Å². The van der Waals surface area contributed by atoms with Gasteiger partial charge in [0, 0.05) is 19.2 Å². The van der Waals surface area contributed by atoms with Gasteiger partial charge in [0.15, 0.2) is 23.0 Å². The van der Waals surface area contributed by atoms with Crippen molar-refractivity contribution in [2.24, 2.45) is 0 Å². The molecule has 0 saturated heterocycles. The number of carbonyl (C=O) groups excluding carboxylic acids is 2. The molecule has 0 radical (unpaired) electrons. The maximum Gasteiger partial charge on any atom is 0.264 e. The Balaban J connectivity index is 1.46. The molecule has 4 aromatic rings. The number of nitrogens with one attached hydrogen (secondary N) is 2. The van der Waals surface area contributed by atoms with Crippen LogP contribution < -0.4 is 24.8 Å². The first-order valence-corrected chi connectivity index (χ1v) is 14.9. The van der Waals surface area contributed by atoms with Crippen LogP contribution in [0, 0.1) is 0 Å². The van der Waals surface area contributed by atoms with Crippen molar-refractivity contribution in [1.29, 1.82) is 0 Å². The maximum absolute atomic E-state index is 13.4. The predicted molar refractivity (Wildman–Crippen MR) is 176 cm³/mol. The SMILES string of the molecule is COc1cc([C@@H](O)[C@@H](Oc2ccc(/C=C\C(=O)NCCc3ccc(O)cc3)cc2OC)C(=O)NCCc2ccc(O)cc2)ccc1O. The fourth-order valence-corrected chi connectivity index (χ4v) is 4.65. The van der Waals surface area contributed by atoms with Crippen molar-refractivity contribution in [1.82, 2.24) is 10.6 Å². The molecule has 11 nitrogen and oxygen atoms in total. The van der Waals surface area contributed by atoms with Crippen molar-refractivity contribution in [2.45, 2.75) is 25.0 Å². The summed E-state index contributed by atoms with van der Waals surface area (Å²) in [6.45, 7) is 0.643. The number of phenolic OH excluding ortho intramolecular Hbond substituents is 3. The van der Waals surface area contributed by atoms with E-state index in [0.29, 0.717) is 24.9 Å². The van der Waals surface area contributed by atoms with Crippen LogP contribution >= 0.6 is 0 Å². The number of aliphatic hydroxyl groups excluding tert-OH is 1. The second kappa shape index (κ2) is 16.6. The third kappa shape index (κ3) is 9.90. The Morgan fingerprint density at radius 3 is 1.91 bits per heavy atom. The molecule has 0 saturated carbocycles. The molecule has 0 fully saturated rings. The van der Waals surface area contributed by atoms with E-state index in [2.05, 4.69) is 10.6 Å². The first-order valence-electron chi connectivity index (χ1n) is 14.9. The summed E-state index contributed by atoms with van der Waals surface area (Å²) in [5.41, 5.74) is 2.77. The minimum atomic E-state index is -1.47. The van der Waals surface area contributed by atoms with Gasteiger partial charge in [-0.3, -0.25) is 9.59 Å². The number of hydrogen-bond acceptors (Lipinski definition) is 9. The Bertz CT molecular complexity index is 1670. The maximum atomic E-state index is 13.4. The van der Waals surface area contributed by atoms with E-state index in [4.69, 9.17) is 14.2 Å². The zero-order chi connectivity index (χ0) is 33.8. The highest BCUT2D eigenvalue weighted by Gasteiger charge is 2.32. The molecule has 0 spiro atoms. The topological polar surface area (TPSA) is 167 Å². The summed E-state index contributed by atoms with van der Waals surface area (Å²) >= 11 is 0. The number of phenols is 3. The third-order valence-electron chi connectivity index (χ3n) is 7.26. The fraction of sp³-hybridized carbons (Fsp3) is 0.222. The average Bonchev–Trinajstić information content (AvgIpc) is 3.08. The van der Waals surface area contributed by atoms with Gasteiger partial charge in [0.05, 0.1) is 14.2 Å². The van der Waals surface area contributed by atoms with Gasteiger partial charge in [0.25, 0.3) is 5.91 Å². The molecule has 4 aromatic carbocycles. The molecule has 2 atom stereocenters. The molecular formula is C36H38N2O9. The lowest BCUT2D eigenvalue weighted by atomic mass is 10.0. The van der Waals surface area contributed by atoms with Gasteiger partial charge in [-0.1, -0.05) is 36.4 Å². The summed E-state index contributed by atoms with van der Waals surface area (Å²) in [5.74, 6) is -0.148. The van der Waals surface area contributed by atoms with Crippen molar-refractivity contribution in [3.8, 4) is 34.5 Å². The second-order valence-corrected chi connectivity index (χ2v) is 10.6. The lowest BCUT2D eigenvalue weighted by molar-refractivity contribution is -0.133. The molecule has 0 aromatic heterocycles. The Hall–Kier alpha value is -5.68. The summed E-state index contributed by atoms with van der Waals surface area (Å²) in [6.07, 6.45) is 1.17. The first kappa shape index (κ1) is 34.2. The van der Waals surface area contributed by atoms with Crippen molar-refractivity contribution >= 4 is 17.9 Å². The van der Waals surface area contributed by atoms with Gasteiger partial charge >= 0.3 is 0 Å². The molecule has 4 rings (SSSR count). The zero-order valence-electron chi connectivity index (χ0n) is 26.1. The van der Waals surface area contributed by atoms with Crippen LogP contribution in [0.25, 0.3) is 6.08 Å². The lowest BCUT2D eigenvalue weighted by Gasteiger charge is -2.25. The number of hydrogen-bond donors (Lipinski definition) is 6. The van der Waals surface area contributed by atoms with Crippen molar-refractivity contribution < 1.29 is 44.2 Å². The molecule has 47 heavy (non-hydrogen) atoms. The van der Waals surface area contributed by atoms with Gasteiger partial charge in [-0.25, -0.2) is 0 Å². The number of aliphatic hydroxyl groups is 1. The Morgan fingerprint density at radius 1 is 0.723 bits per heavy atom. The smallest absolute Gasteiger partial charge is 0.264 e. The molecule has 0 unspecified atom stereocenters. The first-order chi connectivity index (χ1) is 22.7. The van der Waals surface area contributed by atoms with Crippen molar-refractivity contribution in [3.05, 3.63) is 113 Å². The van der Waals surface area contributed by atoms with Crippen LogP contribution in [0.3, 0.4) is 0 Å².